The lowest BCUT2D eigenvalue weighted by Crippen LogP contribution is -2.04. The van der Waals surface area contributed by atoms with E-state index >= 15 is 0 Å². The summed E-state index contributed by atoms with van der Waals surface area (Å²) in [5.41, 5.74) is 4.15. The maximum Gasteiger partial charge on any atom is 0.511 e. The predicted molar refractivity (Wildman–Crippen MR) is 74.6 cm³/mol. The van der Waals surface area contributed by atoms with Gasteiger partial charge in [-0.1, -0.05) is 43.3 Å². The molecule has 0 aliphatic heterocycles. The summed E-state index contributed by atoms with van der Waals surface area (Å²) in [4.78, 5) is 10.6. The van der Waals surface area contributed by atoms with Crippen LogP contribution in [0.3, 0.4) is 0 Å². The molecule has 2 aromatic rings. The Labute approximate surface area is 112 Å². The first-order valence-corrected chi connectivity index (χ1v) is 6.21. The van der Waals surface area contributed by atoms with Crippen molar-refractivity contribution in [2.45, 2.75) is 20.3 Å². The van der Waals surface area contributed by atoms with Crippen LogP contribution in [0.2, 0.25) is 0 Å². The summed E-state index contributed by atoms with van der Waals surface area (Å²) in [5, 5.41) is 8.71. The molecule has 0 amide bonds. The fourth-order valence-electron chi connectivity index (χ4n) is 2.09. The Morgan fingerprint density at radius 2 is 1.95 bits per heavy atom. The van der Waals surface area contributed by atoms with Crippen molar-refractivity contribution in [1.82, 2.24) is 0 Å². The van der Waals surface area contributed by atoms with Gasteiger partial charge in [0.1, 0.15) is 5.75 Å². The van der Waals surface area contributed by atoms with E-state index in [-0.39, 0.29) is 0 Å². The van der Waals surface area contributed by atoms with Gasteiger partial charge < -0.3 is 9.84 Å². The van der Waals surface area contributed by atoms with E-state index in [4.69, 9.17) is 9.84 Å². The summed E-state index contributed by atoms with van der Waals surface area (Å²) in [7, 11) is 0. The smallest absolute Gasteiger partial charge is 0.449 e. The molecule has 3 nitrogen and oxygen atoms in total. The Morgan fingerprint density at radius 1 is 1.21 bits per heavy atom. The van der Waals surface area contributed by atoms with Crippen LogP contribution < -0.4 is 4.74 Å². The van der Waals surface area contributed by atoms with E-state index in [0.717, 1.165) is 23.1 Å². The molecule has 0 spiro atoms. The van der Waals surface area contributed by atoms with E-state index in [1.807, 2.05) is 25.1 Å². The van der Waals surface area contributed by atoms with Gasteiger partial charge in [-0.2, -0.15) is 0 Å². The van der Waals surface area contributed by atoms with Gasteiger partial charge in [-0.3, -0.25) is 0 Å². The number of ether oxygens (including phenoxy) is 1. The van der Waals surface area contributed by atoms with Crippen LogP contribution in [0.4, 0.5) is 4.79 Å². The molecule has 3 heteroatoms. The molecule has 2 aromatic carbocycles. The highest BCUT2D eigenvalue weighted by atomic mass is 16.7. The second kappa shape index (κ2) is 5.57. The van der Waals surface area contributed by atoms with Crippen LogP contribution >= 0.6 is 0 Å². The van der Waals surface area contributed by atoms with E-state index < -0.39 is 6.16 Å². The van der Waals surface area contributed by atoms with Crippen LogP contribution in [0.15, 0.2) is 42.5 Å². The van der Waals surface area contributed by atoms with Crippen LogP contribution in [0, 0.1) is 6.92 Å². The minimum atomic E-state index is -1.29. The Kier molecular flexibility index (Phi) is 3.85. The molecule has 0 bridgehead atoms. The molecule has 0 heterocycles. The Morgan fingerprint density at radius 3 is 2.63 bits per heavy atom. The van der Waals surface area contributed by atoms with Gasteiger partial charge in [-0.25, -0.2) is 4.79 Å². The summed E-state index contributed by atoms with van der Waals surface area (Å²) < 4.78 is 4.78. The first-order chi connectivity index (χ1) is 9.11. The number of rotatable bonds is 3. The number of aryl methyl sites for hydroxylation is 1. The molecule has 0 aliphatic rings. The van der Waals surface area contributed by atoms with E-state index in [2.05, 4.69) is 19.1 Å². The fourth-order valence-corrected chi connectivity index (χ4v) is 2.09. The number of carboxylic acid groups (broad SMARTS) is 1. The van der Waals surface area contributed by atoms with E-state index in [1.54, 1.807) is 12.1 Å². The average Bonchev–Trinajstić information content (AvgIpc) is 2.41. The van der Waals surface area contributed by atoms with Crippen LogP contribution in [0.25, 0.3) is 11.1 Å². The molecule has 0 aliphatic carbocycles. The standard InChI is InChI=1S/C16H16O3/c1-3-12-6-4-7-13(10-12)14-8-5-9-15(11(14)2)19-16(17)18/h4-10H,3H2,1-2H3,(H,17,18). The number of hydrogen-bond acceptors (Lipinski definition) is 2. The first-order valence-electron chi connectivity index (χ1n) is 6.21. The summed E-state index contributed by atoms with van der Waals surface area (Å²) in [5.74, 6) is 0.381. The molecule has 0 fully saturated rings. The highest BCUT2D eigenvalue weighted by Crippen LogP contribution is 2.30. The van der Waals surface area contributed by atoms with Crippen LogP contribution in [-0.4, -0.2) is 11.3 Å². The summed E-state index contributed by atoms with van der Waals surface area (Å²) in [6.45, 7) is 3.97. The number of benzene rings is 2. The Hall–Kier alpha value is -2.29. The Balaban J connectivity index is 2.47. The third kappa shape index (κ3) is 2.94. The minimum Gasteiger partial charge on any atom is -0.449 e. The van der Waals surface area contributed by atoms with Crippen LogP contribution in [-0.2, 0) is 6.42 Å². The largest absolute Gasteiger partial charge is 0.511 e. The maximum absolute atomic E-state index is 10.6. The Bertz CT molecular complexity index is 603. The van der Waals surface area contributed by atoms with Crippen molar-refractivity contribution in [3.05, 3.63) is 53.6 Å². The number of hydrogen-bond donors (Lipinski definition) is 1. The summed E-state index contributed by atoms with van der Waals surface area (Å²) in [6, 6.07) is 13.7. The van der Waals surface area contributed by atoms with Crippen molar-refractivity contribution >= 4 is 6.16 Å². The molecule has 0 unspecified atom stereocenters. The normalized spacial score (nSPS) is 10.2. The third-order valence-electron chi connectivity index (χ3n) is 3.13. The quantitative estimate of drug-likeness (QED) is 0.658. The van der Waals surface area contributed by atoms with E-state index in [1.165, 1.54) is 5.56 Å². The zero-order chi connectivity index (χ0) is 13.8. The van der Waals surface area contributed by atoms with Gasteiger partial charge in [-0.15, -0.1) is 0 Å². The molecule has 0 saturated carbocycles. The van der Waals surface area contributed by atoms with Gasteiger partial charge in [0.15, 0.2) is 0 Å². The summed E-state index contributed by atoms with van der Waals surface area (Å²) in [6.07, 6.45) is -0.319. The van der Waals surface area contributed by atoms with Crippen molar-refractivity contribution in [1.29, 1.82) is 0 Å². The van der Waals surface area contributed by atoms with Crippen molar-refractivity contribution in [2.75, 3.05) is 0 Å². The average molecular weight is 256 g/mol. The molecule has 19 heavy (non-hydrogen) atoms. The van der Waals surface area contributed by atoms with Gasteiger partial charge in [0.2, 0.25) is 0 Å². The molecule has 98 valence electrons. The van der Waals surface area contributed by atoms with Gasteiger partial charge in [0.25, 0.3) is 0 Å². The van der Waals surface area contributed by atoms with Crippen molar-refractivity contribution < 1.29 is 14.6 Å². The van der Waals surface area contributed by atoms with Crippen molar-refractivity contribution in [3.63, 3.8) is 0 Å². The lowest BCUT2D eigenvalue weighted by Gasteiger charge is -2.11. The molecule has 2 rings (SSSR count). The van der Waals surface area contributed by atoms with Gasteiger partial charge in [-0.05, 0) is 41.7 Å². The SMILES string of the molecule is CCc1cccc(-c2cccc(OC(=O)O)c2C)c1. The molecular weight excluding hydrogens is 240 g/mol. The van der Waals surface area contributed by atoms with Crippen molar-refractivity contribution in [3.8, 4) is 16.9 Å². The van der Waals surface area contributed by atoms with Crippen molar-refractivity contribution in [2.24, 2.45) is 0 Å². The molecule has 0 aromatic heterocycles. The zero-order valence-corrected chi connectivity index (χ0v) is 11.0. The van der Waals surface area contributed by atoms with Crippen LogP contribution in [0.5, 0.6) is 5.75 Å². The lowest BCUT2D eigenvalue weighted by atomic mass is 9.98. The fraction of sp³-hybridized carbons (Fsp3) is 0.188. The maximum atomic E-state index is 10.6. The summed E-state index contributed by atoms with van der Waals surface area (Å²) >= 11 is 0. The highest BCUT2D eigenvalue weighted by molar-refractivity contribution is 5.72. The molecular formula is C16H16O3. The first kappa shape index (κ1) is 13.1. The monoisotopic (exact) mass is 256 g/mol. The lowest BCUT2D eigenvalue weighted by molar-refractivity contribution is 0.144. The van der Waals surface area contributed by atoms with Gasteiger partial charge in [0.05, 0.1) is 0 Å². The second-order valence-electron chi connectivity index (χ2n) is 4.35. The molecule has 0 atom stereocenters. The third-order valence-corrected chi connectivity index (χ3v) is 3.13. The topological polar surface area (TPSA) is 46.5 Å². The molecule has 0 radical (unpaired) electrons. The molecule has 0 saturated heterocycles. The van der Waals surface area contributed by atoms with Gasteiger partial charge >= 0.3 is 6.16 Å². The number of carbonyl (C=O) groups is 1. The minimum absolute atomic E-state index is 0.381. The van der Waals surface area contributed by atoms with Gasteiger partial charge in [0, 0.05) is 0 Å². The highest BCUT2D eigenvalue weighted by Gasteiger charge is 2.10. The predicted octanol–water partition coefficient (Wildman–Crippen LogP) is 4.28. The second-order valence-corrected chi connectivity index (χ2v) is 4.35. The van der Waals surface area contributed by atoms with Crippen LogP contribution in [0.1, 0.15) is 18.1 Å². The van der Waals surface area contributed by atoms with E-state index in [9.17, 15) is 4.79 Å². The zero-order valence-electron chi connectivity index (χ0n) is 11.0. The molecule has 1 N–H and O–H groups in total. The van der Waals surface area contributed by atoms with E-state index in [0.29, 0.717) is 5.75 Å².